The highest BCUT2D eigenvalue weighted by atomic mass is 79.9. The largest absolute Gasteiger partial charge is 0.322 e. The molecule has 0 spiro atoms. The minimum Gasteiger partial charge on any atom is -0.322 e. The van der Waals surface area contributed by atoms with Crippen molar-refractivity contribution in [2.75, 3.05) is 5.32 Å². The van der Waals surface area contributed by atoms with Crippen LogP contribution >= 0.6 is 27.5 Å². The van der Waals surface area contributed by atoms with Crippen molar-refractivity contribution in [1.29, 1.82) is 0 Å². The van der Waals surface area contributed by atoms with E-state index in [1.165, 1.54) is 0 Å². The van der Waals surface area contributed by atoms with Crippen LogP contribution in [-0.4, -0.2) is 15.9 Å². The molecule has 3 rings (SSSR count). The zero-order chi connectivity index (χ0) is 14.8. The Hall–Kier alpha value is -1.98. The predicted molar refractivity (Wildman–Crippen MR) is 86.6 cm³/mol. The summed E-state index contributed by atoms with van der Waals surface area (Å²) in [6.45, 7) is 0. The highest BCUT2D eigenvalue weighted by Gasteiger charge is 2.09. The number of rotatable bonds is 2. The summed E-state index contributed by atoms with van der Waals surface area (Å²) in [5.41, 5.74) is 2.64. The average Bonchev–Trinajstić information content (AvgIpc) is 2.46. The van der Waals surface area contributed by atoms with Gasteiger partial charge in [0.2, 0.25) is 0 Å². The molecule has 0 aliphatic heterocycles. The number of carbonyl (C=O) groups is 1. The van der Waals surface area contributed by atoms with E-state index in [0.717, 1.165) is 15.5 Å². The van der Waals surface area contributed by atoms with Crippen LogP contribution in [0, 0.1) is 0 Å². The molecule has 0 radical (unpaired) electrons. The van der Waals surface area contributed by atoms with Crippen LogP contribution in [0.4, 0.5) is 5.69 Å². The first-order chi connectivity index (χ1) is 10.1. The molecule has 0 saturated carbocycles. The third kappa shape index (κ3) is 3.20. The molecule has 104 valence electrons. The van der Waals surface area contributed by atoms with Gasteiger partial charge in [0.15, 0.2) is 0 Å². The fourth-order valence-corrected chi connectivity index (χ4v) is 2.79. The van der Waals surface area contributed by atoms with Crippen molar-refractivity contribution in [2.45, 2.75) is 0 Å². The minimum absolute atomic E-state index is 0.235. The highest BCUT2D eigenvalue weighted by molar-refractivity contribution is 9.10. The number of hydrogen-bond acceptors (Lipinski definition) is 3. The van der Waals surface area contributed by atoms with Gasteiger partial charge in [0.05, 0.1) is 11.0 Å². The van der Waals surface area contributed by atoms with Crippen molar-refractivity contribution in [3.8, 4) is 0 Å². The van der Waals surface area contributed by atoms with Crippen molar-refractivity contribution in [2.24, 2.45) is 0 Å². The lowest BCUT2D eigenvalue weighted by Crippen LogP contribution is -2.11. The first kappa shape index (κ1) is 14.0. The summed E-state index contributed by atoms with van der Waals surface area (Å²) in [6, 6.07) is 10.4. The van der Waals surface area contributed by atoms with E-state index in [9.17, 15) is 4.79 Å². The molecule has 6 heteroatoms. The van der Waals surface area contributed by atoms with Gasteiger partial charge in [-0.05, 0) is 36.4 Å². The number of hydrogen-bond donors (Lipinski definition) is 1. The lowest BCUT2D eigenvalue weighted by Gasteiger charge is -2.07. The highest BCUT2D eigenvalue weighted by Crippen LogP contribution is 2.21. The number of fused-ring (bicyclic) bond motifs is 1. The van der Waals surface area contributed by atoms with Gasteiger partial charge in [0, 0.05) is 33.1 Å². The van der Waals surface area contributed by atoms with Crippen LogP contribution in [0.25, 0.3) is 11.0 Å². The van der Waals surface area contributed by atoms with Crippen molar-refractivity contribution < 1.29 is 4.79 Å². The molecule has 1 heterocycles. The molecule has 0 aliphatic carbocycles. The molecule has 0 saturated heterocycles. The number of nitrogens with zero attached hydrogens (tertiary/aromatic N) is 2. The Bertz CT molecular complexity index is 818. The van der Waals surface area contributed by atoms with E-state index in [4.69, 9.17) is 11.6 Å². The van der Waals surface area contributed by atoms with E-state index in [1.54, 1.807) is 42.7 Å². The monoisotopic (exact) mass is 361 g/mol. The maximum absolute atomic E-state index is 12.2. The zero-order valence-corrected chi connectivity index (χ0v) is 13.0. The smallest absolute Gasteiger partial charge is 0.255 e. The number of anilines is 1. The van der Waals surface area contributed by atoms with Crippen LogP contribution in [0.15, 0.2) is 53.3 Å². The number of halogens is 2. The van der Waals surface area contributed by atoms with Crippen molar-refractivity contribution in [3.05, 3.63) is 63.9 Å². The van der Waals surface area contributed by atoms with Crippen LogP contribution in [0.5, 0.6) is 0 Å². The quantitative estimate of drug-likeness (QED) is 0.739. The molecule has 3 aromatic rings. The predicted octanol–water partition coefficient (Wildman–Crippen LogP) is 4.30. The van der Waals surface area contributed by atoms with E-state index in [0.29, 0.717) is 16.3 Å². The van der Waals surface area contributed by atoms with Gasteiger partial charge >= 0.3 is 0 Å². The fourth-order valence-electron chi connectivity index (χ4n) is 1.93. The summed E-state index contributed by atoms with van der Waals surface area (Å²) in [5.74, 6) is -0.235. The molecule has 2 aromatic carbocycles. The summed E-state index contributed by atoms with van der Waals surface area (Å²) < 4.78 is 0.754. The van der Waals surface area contributed by atoms with Gasteiger partial charge in [-0.25, -0.2) is 0 Å². The van der Waals surface area contributed by atoms with E-state index in [-0.39, 0.29) is 5.91 Å². The van der Waals surface area contributed by atoms with Gasteiger partial charge in [-0.1, -0.05) is 27.5 Å². The number of benzene rings is 2. The van der Waals surface area contributed by atoms with Gasteiger partial charge in [-0.3, -0.25) is 14.8 Å². The van der Waals surface area contributed by atoms with Gasteiger partial charge in [0.25, 0.3) is 5.91 Å². The van der Waals surface area contributed by atoms with Crippen LogP contribution in [-0.2, 0) is 0 Å². The van der Waals surface area contributed by atoms with Crippen LogP contribution < -0.4 is 5.32 Å². The summed E-state index contributed by atoms with van der Waals surface area (Å²) in [6.07, 6.45) is 3.24. The zero-order valence-electron chi connectivity index (χ0n) is 10.7. The van der Waals surface area contributed by atoms with Crippen molar-refractivity contribution in [1.82, 2.24) is 9.97 Å². The third-order valence-electron chi connectivity index (χ3n) is 2.85. The number of nitrogens with one attached hydrogen (secondary N) is 1. The van der Waals surface area contributed by atoms with Crippen molar-refractivity contribution in [3.63, 3.8) is 0 Å². The van der Waals surface area contributed by atoms with Crippen LogP contribution in [0.1, 0.15) is 10.4 Å². The normalized spacial score (nSPS) is 10.6. The first-order valence-corrected chi connectivity index (χ1v) is 7.27. The molecule has 21 heavy (non-hydrogen) atoms. The Kier molecular flexibility index (Phi) is 3.86. The Morgan fingerprint density at radius 2 is 1.81 bits per heavy atom. The first-order valence-electron chi connectivity index (χ1n) is 6.10. The Labute approximate surface area is 134 Å². The van der Waals surface area contributed by atoms with E-state index in [1.807, 2.05) is 6.07 Å². The lowest BCUT2D eigenvalue weighted by atomic mass is 10.2. The molecule has 1 N–H and O–H groups in total. The Morgan fingerprint density at radius 3 is 2.57 bits per heavy atom. The van der Waals surface area contributed by atoms with Crippen molar-refractivity contribution >= 4 is 50.2 Å². The molecule has 0 unspecified atom stereocenters. The molecular formula is C15H9BrClN3O. The van der Waals surface area contributed by atoms with Gasteiger partial charge in [-0.2, -0.15) is 0 Å². The van der Waals surface area contributed by atoms with E-state index >= 15 is 0 Å². The number of aromatic nitrogens is 2. The number of carbonyl (C=O) groups excluding carboxylic acids is 1. The molecule has 0 bridgehead atoms. The van der Waals surface area contributed by atoms with E-state index < -0.39 is 0 Å². The maximum atomic E-state index is 12.2. The summed E-state index contributed by atoms with van der Waals surface area (Å²) in [4.78, 5) is 20.6. The van der Waals surface area contributed by atoms with E-state index in [2.05, 4.69) is 31.2 Å². The minimum atomic E-state index is -0.235. The fraction of sp³-hybridized carbons (Fsp3) is 0. The molecule has 0 aliphatic rings. The standard InChI is InChI=1S/C15H9BrClN3O/c16-10-5-9(6-11(17)7-10)15(21)20-12-1-2-13-14(8-12)19-4-3-18-13/h1-8H,(H,20,21). The average molecular weight is 363 g/mol. The molecule has 0 fully saturated rings. The number of amides is 1. The maximum Gasteiger partial charge on any atom is 0.255 e. The second-order valence-electron chi connectivity index (χ2n) is 4.37. The molecule has 1 aromatic heterocycles. The molecular weight excluding hydrogens is 354 g/mol. The summed E-state index contributed by atoms with van der Waals surface area (Å²) >= 11 is 9.26. The van der Waals surface area contributed by atoms with Gasteiger partial charge in [0.1, 0.15) is 0 Å². The topological polar surface area (TPSA) is 54.9 Å². The molecule has 4 nitrogen and oxygen atoms in total. The Balaban J connectivity index is 1.88. The van der Waals surface area contributed by atoms with Crippen LogP contribution in [0.3, 0.4) is 0 Å². The second kappa shape index (κ2) is 5.79. The Morgan fingerprint density at radius 1 is 1.05 bits per heavy atom. The summed E-state index contributed by atoms with van der Waals surface area (Å²) in [5, 5.41) is 3.32. The second-order valence-corrected chi connectivity index (χ2v) is 5.72. The van der Waals surface area contributed by atoms with Gasteiger partial charge < -0.3 is 5.32 Å². The SMILES string of the molecule is O=C(Nc1ccc2nccnc2c1)c1cc(Cl)cc(Br)c1. The molecule has 1 amide bonds. The summed E-state index contributed by atoms with van der Waals surface area (Å²) in [7, 11) is 0. The van der Waals surface area contributed by atoms with Gasteiger partial charge in [-0.15, -0.1) is 0 Å². The van der Waals surface area contributed by atoms with Crippen LogP contribution in [0.2, 0.25) is 5.02 Å². The third-order valence-corrected chi connectivity index (χ3v) is 3.53. The lowest BCUT2D eigenvalue weighted by molar-refractivity contribution is 0.102. The molecule has 0 atom stereocenters.